The van der Waals surface area contributed by atoms with Crippen LogP contribution < -0.4 is 14.8 Å². The predicted molar refractivity (Wildman–Crippen MR) is 137 cm³/mol. The minimum atomic E-state index is -0.667. The summed E-state index contributed by atoms with van der Waals surface area (Å²) < 4.78 is 30.5. The predicted octanol–water partition coefficient (Wildman–Crippen LogP) is 5.54. The molecule has 37 heavy (non-hydrogen) atoms. The molecule has 0 amide bonds. The number of carbonyl (C=O) groups excluding carboxylic acids is 2. The Morgan fingerprint density at radius 2 is 1.76 bits per heavy atom. The highest BCUT2D eigenvalue weighted by molar-refractivity contribution is 6.23. The summed E-state index contributed by atoms with van der Waals surface area (Å²) in [7, 11) is 1.32. The van der Waals surface area contributed by atoms with Gasteiger partial charge in [-0.1, -0.05) is 42.5 Å². The summed E-state index contributed by atoms with van der Waals surface area (Å²) in [6.07, 6.45) is 0. The van der Waals surface area contributed by atoms with E-state index >= 15 is 0 Å². The minimum absolute atomic E-state index is 0.138. The van der Waals surface area contributed by atoms with Gasteiger partial charge in [0.25, 0.3) is 0 Å². The Labute approximate surface area is 214 Å². The maximum Gasteiger partial charge on any atom is 0.336 e. The summed E-state index contributed by atoms with van der Waals surface area (Å²) >= 11 is 0. The van der Waals surface area contributed by atoms with E-state index in [1.807, 2.05) is 31.2 Å². The molecule has 0 aromatic heterocycles. The third-order valence-corrected chi connectivity index (χ3v) is 6.54. The SMILES string of the molecule is CCOc1cc([C@H]2C(C(=O)OC)=C(C)NC3=C2C(=O)c2ccccc23)ccc1OCc1cccc(F)c1. The molecule has 1 aliphatic heterocycles. The third-order valence-electron chi connectivity index (χ3n) is 6.54. The van der Waals surface area contributed by atoms with Gasteiger partial charge in [0.15, 0.2) is 17.3 Å². The number of ether oxygens (including phenoxy) is 3. The van der Waals surface area contributed by atoms with E-state index in [1.165, 1.54) is 19.2 Å². The number of dihydropyridines is 1. The van der Waals surface area contributed by atoms with E-state index < -0.39 is 11.9 Å². The summed E-state index contributed by atoms with van der Waals surface area (Å²) in [4.78, 5) is 26.5. The molecule has 0 saturated carbocycles. The van der Waals surface area contributed by atoms with Crippen molar-refractivity contribution in [3.63, 3.8) is 0 Å². The van der Waals surface area contributed by atoms with E-state index in [2.05, 4.69) is 5.32 Å². The third kappa shape index (κ3) is 4.37. The summed E-state index contributed by atoms with van der Waals surface area (Å²) in [5.74, 6) is -0.728. The number of allylic oxidation sites excluding steroid dienone is 2. The fraction of sp³-hybridized carbons (Fsp3) is 0.200. The van der Waals surface area contributed by atoms with Gasteiger partial charge >= 0.3 is 5.97 Å². The van der Waals surface area contributed by atoms with Crippen LogP contribution in [0, 0.1) is 5.82 Å². The van der Waals surface area contributed by atoms with E-state index in [4.69, 9.17) is 14.2 Å². The second kappa shape index (κ2) is 9.93. The van der Waals surface area contributed by atoms with Crippen molar-refractivity contribution in [2.75, 3.05) is 13.7 Å². The van der Waals surface area contributed by atoms with Crippen LogP contribution in [-0.2, 0) is 16.1 Å². The number of methoxy groups -OCH3 is 1. The normalized spacial score (nSPS) is 16.2. The summed E-state index contributed by atoms with van der Waals surface area (Å²) in [6.45, 7) is 4.19. The largest absolute Gasteiger partial charge is 0.490 e. The monoisotopic (exact) mass is 499 g/mol. The van der Waals surface area contributed by atoms with E-state index in [0.717, 1.165) is 5.56 Å². The van der Waals surface area contributed by atoms with E-state index in [1.54, 1.807) is 37.3 Å². The van der Waals surface area contributed by atoms with Crippen LogP contribution in [-0.4, -0.2) is 25.5 Å². The number of nitrogens with one attached hydrogen (secondary N) is 1. The first-order valence-corrected chi connectivity index (χ1v) is 12.0. The lowest BCUT2D eigenvalue weighted by Gasteiger charge is -2.29. The average molecular weight is 500 g/mol. The molecule has 0 bridgehead atoms. The highest BCUT2D eigenvalue weighted by Crippen LogP contribution is 2.48. The van der Waals surface area contributed by atoms with Crippen molar-refractivity contribution in [1.29, 1.82) is 0 Å². The molecule has 0 unspecified atom stereocenters. The van der Waals surface area contributed by atoms with Crippen LogP contribution in [0.5, 0.6) is 11.5 Å². The lowest BCUT2D eigenvalue weighted by atomic mass is 9.79. The van der Waals surface area contributed by atoms with Crippen LogP contribution in [0.2, 0.25) is 0 Å². The number of benzene rings is 3. The van der Waals surface area contributed by atoms with Crippen molar-refractivity contribution >= 4 is 17.4 Å². The molecule has 1 heterocycles. The van der Waals surface area contributed by atoms with Crippen molar-refractivity contribution in [3.8, 4) is 11.5 Å². The molecule has 1 aliphatic carbocycles. The first-order chi connectivity index (χ1) is 17.9. The molecule has 5 rings (SSSR count). The number of esters is 1. The van der Waals surface area contributed by atoms with Gasteiger partial charge in [0.05, 0.1) is 25.0 Å². The highest BCUT2D eigenvalue weighted by Gasteiger charge is 2.43. The van der Waals surface area contributed by atoms with Gasteiger partial charge in [0, 0.05) is 28.3 Å². The van der Waals surface area contributed by atoms with Crippen LogP contribution in [0.1, 0.15) is 46.8 Å². The van der Waals surface area contributed by atoms with Gasteiger partial charge in [-0.05, 0) is 49.2 Å². The summed E-state index contributed by atoms with van der Waals surface area (Å²) in [6, 6.07) is 18.9. The van der Waals surface area contributed by atoms with Crippen LogP contribution >= 0.6 is 0 Å². The molecule has 0 radical (unpaired) electrons. The van der Waals surface area contributed by atoms with Crippen LogP contribution in [0.4, 0.5) is 4.39 Å². The number of rotatable bonds is 7. The molecule has 0 saturated heterocycles. The quantitative estimate of drug-likeness (QED) is 0.430. The molecule has 6 nitrogen and oxygen atoms in total. The topological polar surface area (TPSA) is 73.9 Å². The number of hydrogen-bond donors (Lipinski definition) is 1. The van der Waals surface area contributed by atoms with Crippen LogP contribution in [0.15, 0.2) is 83.6 Å². The average Bonchev–Trinajstić information content (AvgIpc) is 3.18. The first kappa shape index (κ1) is 24.3. The number of halogens is 1. The van der Waals surface area contributed by atoms with E-state index in [0.29, 0.717) is 57.3 Å². The molecule has 3 aromatic rings. The standard InChI is InChI=1S/C30H26FNO5/c1-4-36-24-15-19(12-13-23(24)37-16-18-8-7-9-20(31)14-18)26-25(30(34)35-3)17(2)32-28-21-10-5-6-11-22(21)29(33)27(26)28/h5-15,26,32H,4,16H2,1-3H3/t26-/m0/s1. The van der Waals surface area contributed by atoms with E-state index in [9.17, 15) is 14.0 Å². The maximum absolute atomic E-state index is 13.6. The molecule has 188 valence electrons. The molecular weight excluding hydrogens is 473 g/mol. The zero-order valence-electron chi connectivity index (χ0n) is 20.8. The summed E-state index contributed by atoms with van der Waals surface area (Å²) in [5, 5.41) is 3.28. The van der Waals surface area contributed by atoms with Gasteiger partial charge in [-0.25, -0.2) is 9.18 Å². The first-order valence-electron chi connectivity index (χ1n) is 12.0. The van der Waals surface area contributed by atoms with Gasteiger partial charge in [-0.2, -0.15) is 0 Å². The number of fused-ring (bicyclic) bond motifs is 2. The van der Waals surface area contributed by atoms with Crippen molar-refractivity contribution in [2.45, 2.75) is 26.4 Å². The Morgan fingerprint density at radius 1 is 0.973 bits per heavy atom. The number of Topliss-reactive ketones (excluding diaryl/α,β-unsaturated/α-hetero) is 1. The molecule has 0 spiro atoms. The number of ketones is 1. The molecule has 1 N–H and O–H groups in total. The smallest absolute Gasteiger partial charge is 0.336 e. The van der Waals surface area contributed by atoms with Crippen molar-refractivity contribution in [1.82, 2.24) is 5.32 Å². The van der Waals surface area contributed by atoms with Crippen molar-refractivity contribution < 1.29 is 28.2 Å². The molecule has 7 heteroatoms. The molecule has 1 atom stereocenters. The Morgan fingerprint density at radius 3 is 2.49 bits per heavy atom. The van der Waals surface area contributed by atoms with Gasteiger partial charge in [0.2, 0.25) is 0 Å². The van der Waals surface area contributed by atoms with Gasteiger partial charge in [-0.3, -0.25) is 4.79 Å². The fourth-order valence-corrected chi connectivity index (χ4v) is 4.92. The van der Waals surface area contributed by atoms with E-state index in [-0.39, 0.29) is 18.2 Å². The molecule has 2 aliphatic rings. The van der Waals surface area contributed by atoms with Gasteiger partial charge in [0.1, 0.15) is 12.4 Å². The van der Waals surface area contributed by atoms with Crippen molar-refractivity contribution in [3.05, 3.63) is 112 Å². The zero-order valence-corrected chi connectivity index (χ0v) is 20.8. The lowest BCUT2D eigenvalue weighted by molar-refractivity contribution is -0.136. The second-order valence-electron chi connectivity index (χ2n) is 8.81. The second-order valence-corrected chi connectivity index (χ2v) is 8.81. The Kier molecular flexibility index (Phi) is 6.53. The zero-order chi connectivity index (χ0) is 26.1. The van der Waals surface area contributed by atoms with Gasteiger partial charge < -0.3 is 19.5 Å². The van der Waals surface area contributed by atoms with Gasteiger partial charge in [-0.15, -0.1) is 0 Å². The minimum Gasteiger partial charge on any atom is -0.490 e. The Hall–Kier alpha value is -4.39. The fourth-order valence-electron chi connectivity index (χ4n) is 4.92. The maximum atomic E-state index is 13.6. The van der Waals surface area contributed by atoms with Crippen LogP contribution in [0.25, 0.3) is 5.70 Å². The molecular formula is C30H26FNO5. The Balaban J connectivity index is 1.58. The number of carbonyl (C=O) groups is 2. The molecule has 3 aromatic carbocycles. The van der Waals surface area contributed by atoms with Crippen LogP contribution in [0.3, 0.4) is 0 Å². The molecule has 0 fully saturated rings. The summed E-state index contributed by atoms with van der Waals surface area (Å²) in [5.41, 5.74) is 4.92. The highest BCUT2D eigenvalue weighted by atomic mass is 19.1. The van der Waals surface area contributed by atoms with Crippen molar-refractivity contribution in [2.24, 2.45) is 0 Å². The Bertz CT molecular complexity index is 1470. The lowest BCUT2D eigenvalue weighted by Crippen LogP contribution is -2.29. The number of hydrogen-bond acceptors (Lipinski definition) is 6.